The monoisotopic (exact) mass is 343 g/mol. The number of aliphatic carboxylic acids is 1. The van der Waals surface area contributed by atoms with E-state index in [1.54, 1.807) is 17.0 Å². The summed E-state index contributed by atoms with van der Waals surface area (Å²) in [7, 11) is 0. The number of nitrogens with zero attached hydrogens (tertiary/aromatic N) is 2. The molecule has 0 radical (unpaired) electrons. The zero-order valence-electron chi connectivity index (χ0n) is 12.6. The van der Waals surface area contributed by atoms with Crippen LogP contribution in [0.5, 0.6) is 0 Å². The summed E-state index contributed by atoms with van der Waals surface area (Å²) in [5.41, 5.74) is 0.466. The second-order valence-corrected chi connectivity index (χ2v) is 5.75. The first kappa shape index (κ1) is 17.5. The molecule has 0 saturated carbocycles. The molecule has 1 aromatic carbocycles. The second-order valence-electron chi connectivity index (χ2n) is 5.34. The van der Waals surface area contributed by atoms with Crippen LogP contribution in [0.4, 0.5) is 9.18 Å². The van der Waals surface area contributed by atoms with Crippen LogP contribution in [0.3, 0.4) is 0 Å². The van der Waals surface area contributed by atoms with E-state index in [9.17, 15) is 14.0 Å². The fraction of sp³-hybridized carbons (Fsp3) is 0.467. The van der Waals surface area contributed by atoms with E-state index in [2.05, 4.69) is 5.32 Å². The Kier molecular flexibility index (Phi) is 6.18. The molecule has 2 rings (SSSR count). The average molecular weight is 344 g/mol. The van der Waals surface area contributed by atoms with Gasteiger partial charge < -0.3 is 15.3 Å². The maximum absolute atomic E-state index is 13.8. The first-order valence-electron chi connectivity index (χ1n) is 7.37. The molecule has 0 bridgehead atoms. The minimum atomic E-state index is -0.947. The van der Waals surface area contributed by atoms with E-state index in [0.29, 0.717) is 43.3 Å². The molecule has 1 aliphatic heterocycles. The molecule has 1 saturated heterocycles. The normalized spacial score (nSPS) is 15.5. The highest BCUT2D eigenvalue weighted by Gasteiger charge is 2.22. The predicted molar refractivity (Wildman–Crippen MR) is 83.9 cm³/mol. The zero-order chi connectivity index (χ0) is 16.8. The predicted octanol–water partition coefficient (Wildman–Crippen LogP) is 1.78. The SMILES string of the molecule is O=C(O)CCNC(=O)N1CCN(Cc2c(F)cccc2Cl)CC1. The van der Waals surface area contributed by atoms with Gasteiger partial charge in [0.2, 0.25) is 0 Å². The van der Waals surface area contributed by atoms with Crippen molar-refractivity contribution in [3.8, 4) is 0 Å². The van der Waals surface area contributed by atoms with Crippen molar-refractivity contribution in [1.29, 1.82) is 0 Å². The molecule has 2 N–H and O–H groups in total. The number of hydrogen-bond acceptors (Lipinski definition) is 3. The number of rotatable bonds is 5. The van der Waals surface area contributed by atoms with Gasteiger partial charge in [0.05, 0.1) is 6.42 Å². The Morgan fingerprint density at radius 3 is 2.57 bits per heavy atom. The van der Waals surface area contributed by atoms with Crippen molar-refractivity contribution >= 4 is 23.6 Å². The molecule has 1 heterocycles. The van der Waals surface area contributed by atoms with Crippen LogP contribution in [0.1, 0.15) is 12.0 Å². The molecule has 1 aliphatic rings. The lowest BCUT2D eigenvalue weighted by atomic mass is 10.2. The maximum Gasteiger partial charge on any atom is 0.317 e. The van der Waals surface area contributed by atoms with Crippen molar-refractivity contribution in [2.75, 3.05) is 32.7 Å². The Labute approximate surface area is 138 Å². The number of halogens is 2. The van der Waals surface area contributed by atoms with Gasteiger partial charge in [-0.25, -0.2) is 9.18 Å². The number of carboxylic acids is 1. The number of carbonyl (C=O) groups excluding carboxylic acids is 1. The van der Waals surface area contributed by atoms with Crippen LogP contribution in [0.25, 0.3) is 0 Å². The summed E-state index contributed by atoms with van der Waals surface area (Å²) in [5.74, 6) is -1.27. The minimum absolute atomic E-state index is 0.0997. The first-order chi connectivity index (χ1) is 11.0. The van der Waals surface area contributed by atoms with E-state index in [0.717, 1.165) is 0 Å². The standard InChI is InChI=1S/C15H19ClFN3O3/c16-12-2-1-3-13(17)11(12)10-19-6-8-20(9-7-19)15(23)18-5-4-14(21)22/h1-3H,4-10H2,(H,18,23)(H,21,22). The molecule has 6 nitrogen and oxygen atoms in total. The Balaban J connectivity index is 1.80. The van der Waals surface area contributed by atoms with Gasteiger partial charge in [-0.3, -0.25) is 9.69 Å². The van der Waals surface area contributed by atoms with Crippen molar-refractivity contribution < 1.29 is 19.1 Å². The van der Waals surface area contributed by atoms with Crippen LogP contribution in [0.15, 0.2) is 18.2 Å². The fourth-order valence-corrected chi connectivity index (χ4v) is 2.63. The highest BCUT2D eigenvalue weighted by Crippen LogP contribution is 2.21. The zero-order valence-corrected chi connectivity index (χ0v) is 13.4. The number of carbonyl (C=O) groups is 2. The first-order valence-corrected chi connectivity index (χ1v) is 7.75. The van der Waals surface area contributed by atoms with Crippen molar-refractivity contribution in [2.45, 2.75) is 13.0 Å². The topological polar surface area (TPSA) is 72.9 Å². The van der Waals surface area contributed by atoms with Gasteiger partial charge in [-0.2, -0.15) is 0 Å². The molecule has 1 fully saturated rings. The Bertz CT molecular complexity index is 557. The number of hydrogen-bond donors (Lipinski definition) is 2. The van der Waals surface area contributed by atoms with Crippen molar-refractivity contribution in [1.82, 2.24) is 15.1 Å². The quantitative estimate of drug-likeness (QED) is 0.854. The van der Waals surface area contributed by atoms with Crippen LogP contribution in [-0.2, 0) is 11.3 Å². The largest absolute Gasteiger partial charge is 0.481 e. The van der Waals surface area contributed by atoms with Crippen molar-refractivity contribution in [3.05, 3.63) is 34.6 Å². The van der Waals surface area contributed by atoms with Gasteiger partial charge in [0.1, 0.15) is 5.82 Å². The number of benzene rings is 1. The van der Waals surface area contributed by atoms with Gasteiger partial charge in [0, 0.05) is 49.9 Å². The molecular formula is C15H19ClFN3O3. The van der Waals surface area contributed by atoms with E-state index < -0.39 is 5.97 Å². The number of amides is 2. The molecule has 0 unspecified atom stereocenters. The van der Waals surface area contributed by atoms with E-state index >= 15 is 0 Å². The van der Waals surface area contributed by atoms with Gasteiger partial charge in [0.15, 0.2) is 0 Å². The molecule has 2 amide bonds. The van der Waals surface area contributed by atoms with E-state index in [-0.39, 0.29) is 24.8 Å². The maximum atomic E-state index is 13.8. The molecule has 0 spiro atoms. The Hall–Kier alpha value is -1.86. The van der Waals surface area contributed by atoms with Crippen LogP contribution in [0.2, 0.25) is 5.02 Å². The van der Waals surface area contributed by atoms with Gasteiger partial charge in [-0.15, -0.1) is 0 Å². The minimum Gasteiger partial charge on any atom is -0.481 e. The van der Waals surface area contributed by atoms with E-state index in [1.807, 2.05) is 4.90 Å². The summed E-state index contributed by atoms with van der Waals surface area (Å²) >= 11 is 6.02. The van der Waals surface area contributed by atoms with Gasteiger partial charge in [-0.05, 0) is 12.1 Å². The molecule has 0 atom stereocenters. The molecule has 1 aromatic rings. The van der Waals surface area contributed by atoms with Crippen molar-refractivity contribution in [2.24, 2.45) is 0 Å². The van der Waals surface area contributed by atoms with Crippen LogP contribution in [-0.4, -0.2) is 59.6 Å². The number of carboxylic acid groups (broad SMARTS) is 1. The van der Waals surface area contributed by atoms with Crippen LogP contribution in [0, 0.1) is 5.82 Å². The lowest BCUT2D eigenvalue weighted by Crippen LogP contribution is -2.51. The Morgan fingerprint density at radius 1 is 1.26 bits per heavy atom. The third-order valence-corrected chi connectivity index (χ3v) is 4.07. The molecule has 0 aliphatic carbocycles. The van der Waals surface area contributed by atoms with Gasteiger partial charge in [0.25, 0.3) is 0 Å². The molecule has 8 heteroatoms. The third-order valence-electron chi connectivity index (χ3n) is 3.72. The number of urea groups is 1. The van der Waals surface area contributed by atoms with E-state index in [1.165, 1.54) is 6.07 Å². The molecule has 126 valence electrons. The van der Waals surface area contributed by atoms with E-state index in [4.69, 9.17) is 16.7 Å². The summed E-state index contributed by atoms with van der Waals surface area (Å²) in [6.07, 6.45) is -0.0997. The molecule has 23 heavy (non-hydrogen) atoms. The van der Waals surface area contributed by atoms with Crippen LogP contribution < -0.4 is 5.32 Å². The number of piperazine rings is 1. The van der Waals surface area contributed by atoms with Gasteiger partial charge >= 0.3 is 12.0 Å². The third kappa shape index (κ3) is 5.07. The lowest BCUT2D eigenvalue weighted by Gasteiger charge is -2.34. The highest BCUT2D eigenvalue weighted by molar-refractivity contribution is 6.31. The summed E-state index contributed by atoms with van der Waals surface area (Å²) in [4.78, 5) is 26.0. The number of nitrogens with one attached hydrogen (secondary N) is 1. The molecule has 0 aromatic heterocycles. The lowest BCUT2D eigenvalue weighted by molar-refractivity contribution is -0.136. The van der Waals surface area contributed by atoms with Gasteiger partial charge in [-0.1, -0.05) is 17.7 Å². The van der Waals surface area contributed by atoms with Crippen molar-refractivity contribution in [3.63, 3.8) is 0 Å². The fourth-order valence-electron chi connectivity index (χ4n) is 2.40. The highest BCUT2D eigenvalue weighted by atomic mass is 35.5. The summed E-state index contributed by atoms with van der Waals surface area (Å²) in [6.45, 7) is 2.74. The summed E-state index contributed by atoms with van der Waals surface area (Å²) in [6, 6.07) is 4.34. The van der Waals surface area contributed by atoms with Crippen LogP contribution >= 0.6 is 11.6 Å². The Morgan fingerprint density at radius 2 is 1.96 bits per heavy atom. The summed E-state index contributed by atoms with van der Waals surface area (Å²) < 4.78 is 13.8. The summed E-state index contributed by atoms with van der Waals surface area (Å²) in [5, 5.41) is 11.5. The smallest absolute Gasteiger partial charge is 0.317 e. The average Bonchev–Trinajstić information content (AvgIpc) is 2.51. The molecular weight excluding hydrogens is 325 g/mol. The second kappa shape index (κ2) is 8.12.